The topological polar surface area (TPSA) is 47.4 Å². The van der Waals surface area contributed by atoms with Crippen LogP contribution in [0.5, 0.6) is 0 Å². The van der Waals surface area contributed by atoms with Gasteiger partial charge in [0.25, 0.3) is 0 Å². The monoisotopic (exact) mass is 263 g/mol. The zero-order valence-electron chi connectivity index (χ0n) is 12.1. The molecule has 0 fully saturated rings. The van der Waals surface area contributed by atoms with Gasteiger partial charge in [0, 0.05) is 38.7 Å². The van der Waals surface area contributed by atoms with Gasteiger partial charge in [0.2, 0.25) is 0 Å². The molecule has 104 valence electrons. The molecule has 0 saturated heterocycles. The molecule has 5 nitrogen and oxygen atoms in total. The summed E-state index contributed by atoms with van der Waals surface area (Å²) in [4.78, 5) is 14.4. The minimum absolute atomic E-state index is 0.121. The number of nitrogens with zero attached hydrogens (tertiary/aromatic N) is 3. The molecule has 0 N–H and O–H groups in total. The van der Waals surface area contributed by atoms with Gasteiger partial charge in [0.1, 0.15) is 0 Å². The first-order valence-electron chi connectivity index (χ1n) is 6.51. The van der Waals surface area contributed by atoms with E-state index in [9.17, 15) is 4.79 Å². The van der Waals surface area contributed by atoms with Gasteiger partial charge in [-0.1, -0.05) is 0 Å². The van der Waals surface area contributed by atoms with E-state index in [2.05, 4.69) is 5.10 Å². The first-order chi connectivity index (χ1) is 9.04. The van der Waals surface area contributed by atoms with E-state index < -0.39 is 0 Å². The summed E-state index contributed by atoms with van der Waals surface area (Å²) in [5.41, 5.74) is 3.53. The molecule has 1 aliphatic carbocycles. The van der Waals surface area contributed by atoms with E-state index in [4.69, 9.17) is 4.74 Å². The standard InChI is InChI=1S/C14H21N3O2/c1-10-13-12(15-17(10)7-8-19-4)6-5-11(14(13)18)9-16(2)3/h9H,5-8H2,1-4H3/b11-9+. The molecule has 2 rings (SSSR count). The lowest BCUT2D eigenvalue weighted by Crippen LogP contribution is -2.17. The lowest BCUT2D eigenvalue weighted by atomic mass is 9.90. The third-order valence-electron chi connectivity index (χ3n) is 3.35. The van der Waals surface area contributed by atoms with Crippen molar-refractivity contribution in [3.05, 3.63) is 28.7 Å². The molecule has 0 amide bonds. The summed E-state index contributed by atoms with van der Waals surface area (Å²) < 4.78 is 6.95. The number of hydrogen-bond donors (Lipinski definition) is 0. The zero-order chi connectivity index (χ0) is 14.0. The molecule has 5 heteroatoms. The van der Waals surface area contributed by atoms with Crippen molar-refractivity contribution in [2.75, 3.05) is 27.8 Å². The molecule has 19 heavy (non-hydrogen) atoms. The number of hydrogen-bond acceptors (Lipinski definition) is 4. The van der Waals surface area contributed by atoms with Crippen LogP contribution in [0.25, 0.3) is 0 Å². The summed E-state index contributed by atoms with van der Waals surface area (Å²) in [6, 6.07) is 0. The summed E-state index contributed by atoms with van der Waals surface area (Å²) >= 11 is 0. The van der Waals surface area contributed by atoms with Crippen LogP contribution in [0.1, 0.15) is 28.2 Å². The lowest BCUT2D eigenvalue weighted by Gasteiger charge is -2.15. The largest absolute Gasteiger partial charge is 0.383 e. The normalized spacial score (nSPS) is 16.8. The molecule has 0 unspecified atom stereocenters. The Morgan fingerprint density at radius 1 is 1.42 bits per heavy atom. The number of ether oxygens (including phenoxy) is 1. The quantitative estimate of drug-likeness (QED) is 0.771. The van der Waals surface area contributed by atoms with Crippen molar-refractivity contribution in [2.24, 2.45) is 0 Å². The van der Waals surface area contributed by atoms with E-state index in [0.717, 1.165) is 35.4 Å². The van der Waals surface area contributed by atoms with Crippen LogP contribution in [0.3, 0.4) is 0 Å². The number of aromatic nitrogens is 2. The van der Waals surface area contributed by atoms with E-state index in [1.807, 2.05) is 36.8 Å². The van der Waals surface area contributed by atoms with E-state index in [1.54, 1.807) is 7.11 Å². The molecule has 0 radical (unpaired) electrons. The van der Waals surface area contributed by atoms with E-state index in [0.29, 0.717) is 13.2 Å². The Balaban J connectivity index is 2.33. The number of allylic oxidation sites excluding steroid dienone is 1. The van der Waals surface area contributed by atoms with Crippen LogP contribution in [-0.2, 0) is 17.7 Å². The van der Waals surface area contributed by atoms with Crippen molar-refractivity contribution in [1.29, 1.82) is 0 Å². The van der Waals surface area contributed by atoms with Crippen molar-refractivity contribution in [3.8, 4) is 0 Å². The fourth-order valence-electron chi connectivity index (χ4n) is 2.44. The van der Waals surface area contributed by atoms with Crippen molar-refractivity contribution in [1.82, 2.24) is 14.7 Å². The molecular weight excluding hydrogens is 242 g/mol. The second-order valence-electron chi connectivity index (χ2n) is 5.07. The maximum absolute atomic E-state index is 12.5. The Morgan fingerprint density at radius 3 is 2.79 bits per heavy atom. The van der Waals surface area contributed by atoms with Crippen LogP contribution in [0, 0.1) is 6.92 Å². The van der Waals surface area contributed by atoms with Gasteiger partial charge in [0.05, 0.1) is 24.4 Å². The van der Waals surface area contributed by atoms with Gasteiger partial charge in [-0.05, 0) is 19.8 Å². The molecule has 0 atom stereocenters. The van der Waals surface area contributed by atoms with Crippen molar-refractivity contribution >= 4 is 5.78 Å². The predicted molar refractivity (Wildman–Crippen MR) is 73.3 cm³/mol. The summed E-state index contributed by atoms with van der Waals surface area (Å²) in [7, 11) is 5.54. The SMILES string of the molecule is COCCn1nc2c(c1C)C(=O)/C(=C/N(C)C)CC2. The van der Waals surface area contributed by atoms with Crippen LogP contribution >= 0.6 is 0 Å². The number of rotatable bonds is 4. The summed E-state index contributed by atoms with van der Waals surface area (Å²) in [6.45, 7) is 3.25. The Labute approximate surface area is 113 Å². The second kappa shape index (κ2) is 5.57. The molecule has 0 aliphatic heterocycles. The third-order valence-corrected chi connectivity index (χ3v) is 3.35. The highest BCUT2D eigenvalue weighted by molar-refractivity contribution is 6.11. The molecule has 0 aromatic carbocycles. The minimum atomic E-state index is 0.121. The number of carbonyl (C=O) groups is 1. The van der Waals surface area contributed by atoms with Gasteiger partial charge in [-0.2, -0.15) is 5.10 Å². The second-order valence-corrected chi connectivity index (χ2v) is 5.07. The van der Waals surface area contributed by atoms with Crippen molar-refractivity contribution < 1.29 is 9.53 Å². The molecule has 1 aromatic rings. The van der Waals surface area contributed by atoms with E-state index in [-0.39, 0.29) is 5.78 Å². The maximum Gasteiger partial charge on any atom is 0.194 e. The highest BCUT2D eigenvalue weighted by Crippen LogP contribution is 2.27. The number of methoxy groups -OCH3 is 1. The molecule has 0 spiro atoms. The van der Waals surface area contributed by atoms with Gasteiger partial charge in [-0.15, -0.1) is 0 Å². The highest BCUT2D eigenvalue weighted by atomic mass is 16.5. The van der Waals surface area contributed by atoms with Gasteiger partial charge in [-0.25, -0.2) is 0 Å². The Morgan fingerprint density at radius 2 is 2.16 bits per heavy atom. The van der Waals surface area contributed by atoms with E-state index >= 15 is 0 Å². The van der Waals surface area contributed by atoms with Crippen molar-refractivity contribution in [2.45, 2.75) is 26.3 Å². The lowest BCUT2D eigenvalue weighted by molar-refractivity contribution is 0.102. The minimum Gasteiger partial charge on any atom is -0.383 e. The fraction of sp³-hybridized carbons (Fsp3) is 0.571. The maximum atomic E-state index is 12.5. The van der Waals surface area contributed by atoms with Crippen LogP contribution in [0.2, 0.25) is 0 Å². The molecule has 0 saturated carbocycles. The molecule has 1 aliphatic rings. The van der Waals surface area contributed by atoms with Crippen LogP contribution < -0.4 is 0 Å². The van der Waals surface area contributed by atoms with Gasteiger partial charge in [-0.3, -0.25) is 9.48 Å². The zero-order valence-corrected chi connectivity index (χ0v) is 12.1. The van der Waals surface area contributed by atoms with Crippen LogP contribution in [0.4, 0.5) is 0 Å². The number of carbonyl (C=O) groups excluding carboxylic acids is 1. The first-order valence-corrected chi connectivity index (χ1v) is 6.51. The Bertz CT molecular complexity index is 515. The van der Waals surface area contributed by atoms with Gasteiger partial charge in [0.15, 0.2) is 5.78 Å². The average Bonchev–Trinajstić information content (AvgIpc) is 2.67. The van der Waals surface area contributed by atoms with Crippen molar-refractivity contribution in [3.63, 3.8) is 0 Å². The van der Waals surface area contributed by atoms with Gasteiger partial charge < -0.3 is 9.64 Å². The third kappa shape index (κ3) is 2.71. The Hall–Kier alpha value is -1.62. The first kappa shape index (κ1) is 13.8. The van der Waals surface area contributed by atoms with Crippen LogP contribution in [-0.4, -0.2) is 48.3 Å². The number of ketones is 1. The molecule has 1 heterocycles. The predicted octanol–water partition coefficient (Wildman–Crippen LogP) is 1.41. The Kier molecular flexibility index (Phi) is 4.04. The van der Waals surface area contributed by atoms with E-state index in [1.165, 1.54) is 0 Å². The average molecular weight is 263 g/mol. The summed E-state index contributed by atoms with van der Waals surface area (Å²) in [6.07, 6.45) is 3.52. The number of Topliss-reactive ketones (excluding diaryl/α,β-unsaturated/α-hetero) is 1. The number of fused-ring (bicyclic) bond motifs is 1. The van der Waals surface area contributed by atoms with Crippen LogP contribution in [0.15, 0.2) is 11.8 Å². The molecule has 0 bridgehead atoms. The van der Waals surface area contributed by atoms with Gasteiger partial charge >= 0.3 is 0 Å². The molecular formula is C14H21N3O2. The smallest absolute Gasteiger partial charge is 0.194 e. The number of aryl methyl sites for hydroxylation is 1. The summed E-state index contributed by atoms with van der Waals surface area (Å²) in [5, 5.41) is 4.53. The summed E-state index contributed by atoms with van der Waals surface area (Å²) in [5.74, 6) is 0.121. The highest BCUT2D eigenvalue weighted by Gasteiger charge is 2.28. The molecule has 1 aromatic heterocycles. The fourth-order valence-corrected chi connectivity index (χ4v) is 2.44.